The van der Waals surface area contributed by atoms with Crippen LogP contribution in [0.3, 0.4) is 0 Å². The summed E-state index contributed by atoms with van der Waals surface area (Å²) in [6.45, 7) is 3.23. The fourth-order valence-corrected chi connectivity index (χ4v) is 2.73. The van der Waals surface area contributed by atoms with E-state index in [0.717, 1.165) is 16.5 Å². The predicted molar refractivity (Wildman–Crippen MR) is 70.2 cm³/mol. The predicted octanol–water partition coefficient (Wildman–Crippen LogP) is 2.48. The Bertz CT molecular complexity index is 564. The van der Waals surface area contributed by atoms with Gasteiger partial charge in [-0.15, -0.1) is 0 Å². The van der Waals surface area contributed by atoms with E-state index in [1.54, 1.807) is 6.20 Å². The van der Waals surface area contributed by atoms with Gasteiger partial charge in [0, 0.05) is 36.1 Å². The van der Waals surface area contributed by atoms with E-state index < -0.39 is 5.60 Å². The first-order valence-electron chi connectivity index (χ1n) is 6.36. The molecule has 94 valence electrons. The lowest BCUT2D eigenvalue weighted by atomic mass is 9.78. The molecule has 18 heavy (non-hydrogen) atoms. The first kappa shape index (κ1) is 11.6. The van der Waals surface area contributed by atoms with Crippen LogP contribution < -0.4 is 0 Å². The van der Waals surface area contributed by atoms with E-state index >= 15 is 0 Å². The molecule has 0 radical (unpaired) electrons. The molecule has 3 nitrogen and oxygen atoms in total. The third-order valence-corrected chi connectivity index (χ3v) is 3.91. The molecular weight excluding hydrogens is 226 g/mol. The average Bonchev–Trinajstić information content (AvgIpc) is 2.41. The van der Waals surface area contributed by atoms with E-state index in [1.165, 1.54) is 0 Å². The molecule has 3 heteroatoms. The SMILES string of the molecule is CC1COCCC1(O)c1cccc2cccnc12. The number of benzene rings is 1. The van der Waals surface area contributed by atoms with E-state index in [2.05, 4.69) is 4.98 Å². The minimum atomic E-state index is -0.827. The zero-order valence-corrected chi connectivity index (χ0v) is 10.5. The van der Waals surface area contributed by atoms with Gasteiger partial charge in [0.15, 0.2) is 0 Å². The second-order valence-electron chi connectivity index (χ2n) is 5.03. The summed E-state index contributed by atoms with van der Waals surface area (Å²) in [6.07, 6.45) is 2.41. The number of rotatable bonds is 1. The molecular formula is C15H17NO2. The molecule has 0 amide bonds. The Morgan fingerprint density at radius 3 is 3.00 bits per heavy atom. The molecule has 1 fully saturated rings. The Morgan fingerprint density at radius 1 is 1.33 bits per heavy atom. The smallest absolute Gasteiger partial charge is 0.0986 e. The van der Waals surface area contributed by atoms with E-state index in [0.29, 0.717) is 19.6 Å². The molecule has 2 aromatic rings. The van der Waals surface area contributed by atoms with Gasteiger partial charge in [-0.05, 0) is 6.07 Å². The molecule has 1 saturated heterocycles. The number of hydrogen-bond donors (Lipinski definition) is 1. The molecule has 3 rings (SSSR count). The molecule has 0 aliphatic carbocycles. The van der Waals surface area contributed by atoms with Crippen LogP contribution in [0.5, 0.6) is 0 Å². The highest BCUT2D eigenvalue weighted by Gasteiger charge is 2.39. The van der Waals surface area contributed by atoms with Gasteiger partial charge in [-0.1, -0.05) is 31.2 Å². The highest BCUT2D eigenvalue weighted by atomic mass is 16.5. The van der Waals surface area contributed by atoms with Crippen LogP contribution in [-0.2, 0) is 10.3 Å². The fraction of sp³-hybridized carbons (Fsp3) is 0.400. The third kappa shape index (κ3) is 1.71. The van der Waals surface area contributed by atoms with E-state index in [4.69, 9.17) is 4.74 Å². The van der Waals surface area contributed by atoms with Gasteiger partial charge < -0.3 is 9.84 Å². The standard InChI is InChI=1S/C15H17NO2/c1-11-10-18-9-7-15(11,17)13-6-2-4-12-5-3-8-16-14(12)13/h2-6,8,11,17H,7,9-10H2,1H3. The summed E-state index contributed by atoms with van der Waals surface area (Å²) in [5.74, 6) is 0.0823. The monoisotopic (exact) mass is 243 g/mol. The second kappa shape index (κ2) is 4.34. The van der Waals surface area contributed by atoms with Gasteiger partial charge in [-0.25, -0.2) is 0 Å². The van der Waals surface area contributed by atoms with Crippen LogP contribution in [0.2, 0.25) is 0 Å². The van der Waals surface area contributed by atoms with Crippen molar-refractivity contribution in [2.45, 2.75) is 18.9 Å². The second-order valence-corrected chi connectivity index (χ2v) is 5.03. The highest BCUT2D eigenvalue weighted by molar-refractivity contribution is 5.82. The molecule has 1 aliphatic rings. The van der Waals surface area contributed by atoms with Crippen molar-refractivity contribution in [2.24, 2.45) is 5.92 Å². The summed E-state index contributed by atoms with van der Waals surface area (Å²) in [5, 5.41) is 12.1. The molecule has 0 bridgehead atoms. The maximum Gasteiger partial charge on any atom is 0.0986 e. The maximum absolute atomic E-state index is 11.0. The quantitative estimate of drug-likeness (QED) is 0.836. The van der Waals surface area contributed by atoms with Gasteiger partial charge in [0.2, 0.25) is 0 Å². The Hall–Kier alpha value is -1.45. The molecule has 2 heterocycles. The Kier molecular flexibility index (Phi) is 2.80. The number of hydrogen-bond acceptors (Lipinski definition) is 3. The lowest BCUT2D eigenvalue weighted by Gasteiger charge is -2.38. The molecule has 2 atom stereocenters. The van der Waals surface area contributed by atoms with Crippen molar-refractivity contribution < 1.29 is 9.84 Å². The summed E-state index contributed by atoms with van der Waals surface area (Å²) in [4.78, 5) is 4.44. The Balaban J connectivity index is 2.19. The van der Waals surface area contributed by atoms with E-state index in [-0.39, 0.29) is 5.92 Å². The fourth-order valence-electron chi connectivity index (χ4n) is 2.73. The van der Waals surface area contributed by atoms with Gasteiger partial charge >= 0.3 is 0 Å². The summed E-state index contributed by atoms with van der Waals surface area (Å²) < 4.78 is 5.43. The molecule has 2 unspecified atom stereocenters. The van der Waals surface area contributed by atoms with Gasteiger partial charge in [-0.2, -0.15) is 0 Å². The van der Waals surface area contributed by atoms with Crippen LogP contribution in [0, 0.1) is 5.92 Å². The zero-order chi connectivity index (χ0) is 12.6. The topological polar surface area (TPSA) is 42.4 Å². The van der Waals surface area contributed by atoms with Crippen molar-refractivity contribution in [1.29, 1.82) is 0 Å². The van der Waals surface area contributed by atoms with E-state index in [1.807, 2.05) is 37.3 Å². The van der Waals surface area contributed by atoms with Crippen molar-refractivity contribution in [1.82, 2.24) is 4.98 Å². The van der Waals surface area contributed by atoms with Crippen LogP contribution >= 0.6 is 0 Å². The summed E-state index contributed by atoms with van der Waals surface area (Å²) in [7, 11) is 0. The van der Waals surface area contributed by atoms with E-state index in [9.17, 15) is 5.11 Å². The Labute approximate surface area is 106 Å². The molecule has 1 aromatic carbocycles. The number of aliphatic hydroxyl groups is 1. The van der Waals surface area contributed by atoms with Crippen LogP contribution in [0.15, 0.2) is 36.5 Å². The molecule has 1 aliphatic heterocycles. The zero-order valence-electron chi connectivity index (χ0n) is 10.5. The largest absolute Gasteiger partial charge is 0.385 e. The first-order chi connectivity index (χ1) is 8.72. The van der Waals surface area contributed by atoms with Crippen LogP contribution in [0.4, 0.5) is 0 Å². The minimum absolute atomic E-state index is 0.0823. The minimum Gasteiger partial charge on any atom is -0.385 e. The molecule has 1 aromatic heterocycles. The van der Waals surface area contributed by atoms with Crippen molar-refractivity contribution in [3.8, 4) is 0 Å². The van der Waals surface area contributed by atoms with Gasteiger partial charge in [0.25, 0.3) is 0 Å². The number of fused-ring (bicyclic) bond motifs is 1. The van der Waals surface area contributed by atoms with Crippen molar-refractivity contribution in [2.75, 3.05) is 13.2 Å². The summed E-state index contributed by atoms with van der Waals surface area (Å²) in [6, 6.07) is 9.94. The number of ether oxygens (including phenoxy) is 1. The van der Waals surface area contributed by atoms with Crippen LogP contribution in [-0.4, -0.2) is 23.3 Å². The normalized spacial score (nSPS) is 28.4. The molecule has 0 saturated carbocycles. The molecule has 1 N–H and O–H groups in total. The number of para-hydroxylation sites is 1. The van der Waals surface area contributed by atoms with Crippen molar-refractivity contribution >= 4 is 10.9 Å². The lowest BCUT2D eigenvalue weighted by molar-refractivity contribution is -0.110. The summed E-state index contributed by atoms with van der Waals surface area (Å²) >= 11 is 0. The summed E-state index contributed by atoms with van der Waals surface area (Å²) in [5.41, 5.74) is 0.999. The highest BCUT2D eigenvalue weighted by Crippen LogP contribution is 2.38. The maximum atomic E-state index is 11.0. The van der Waals surface area contributed by atoms with Gasteiger partial charge in [-0.3, -0.25) is 4.98 Å². The number of aromatic nitrogens is 1. The average molecular weight is 243 g/mol. The van der Waals surface area contributed by atoms with Crippen LogP contribution in [0.25, 0.3) is 10.9 Å². The van der Waals surface area contributed by atoms with Crippen molar-refractivity contribution in [3.63, 3.8) is 0 Å². The number of nitrogens with zero attached hydrogens (tertiary/aromatic N) is 1. The molecule has 0 spiro atoms. The third-order valence-electron chi connectivity index (χ3n) is 3.91. The first-order valence-corrected chi connectivity index (χ1v) is 6.36. The Morgan fingerprint density at radius 2 is 2.17 bits per heavy atom. The van der Waals surface area contributed by atoms with Gasteiger partial charge in [0.1, 0.15) is 0 Å². The van der Waals surface area contributed by atoms with Gasteiger partial charge in [0.05, 0.1) is 17.7 Å². The van der Waals surface area contributed by atoms with Crippen molar-refractivity contribution in [3.05, 3.63) is 42.1 Å². The van der Waals surface area contributed by atoms with Crippen LogP contribution in [0.1, 0.15) is 18.9 Å². The lowest BCUT2D eigenvalue weighted by Crippen LogP contribution is -2.41. The number of pyridine rings is 1.